The minimum atomic E-state index is -0.578. The Morgan fingerprint density at radius 3 is 2.79 bits per heavy atom. The SMILES string of the molecule is COc1cccc(/C=C2\SC(=O)N(CC(=O)Nc3cc(C)ccc3O)C2=O)c1. The average molecular weight is 398 g/mol. The maximum atomic E-state index is 12.5. The molecule has 0 atom stereocenters. The van der Waals surface area contributed by atoms with Crippen LogP contribution in [0.3, 0.4) is 0 Å². The van der Waals surface area contributed by atoms with Crippen LogP contribution in [0.25, 0.3) is 6.08 Å². The van der Waals surface area contributed by atoms with E-state index in [1.807, 2.05) is 6.92 Å². The molecule has 2 aromatic rings. The van der Waals surface area contributed by atoms with Gasteiger partial charge in [0, 0.05) is 0 Å². The van der Waals surface area contributed by atoms with Gasteiger partial charge in [-0.2, -0.15) is 0 Å². The Morgan fingerprint density at radius 2 is 2.04 bits per heavy atom. The third kappa shape index (κ3) is 4.34. The van der Waals surface area contributed by atoms with Gasteiger partial charge in [-0.3, -0.25) is 19.3 Å². The number of carbonyl (C=O) groups excluding carboxylic acids is 3. The van der Waals surface area contributed by atoms with E-state index in [0.29, 0.717) is 11.3 Å². The number of methoxy groups -OCH3 is 1. The molecule has 0 aliphatic carbocycles. The lowest BCUT2D eigenvalue weighted by Crippen LogP contribution is -2.36. The third-order valence-electron chi connectivity index (χ3n) is 3.99. The highest BCUT2D eigenvalue weighted by Gasteiger charge is 2.36. The maximum absolute atomic E-state index is 12.5. The van der Waals surface area contributed by atoms with Crippen molar-refractivity contribution in [3.05, 3.63) is 58.5 Å². The number of phenols is 1. The second-order valence-electron chi connectivity index (χ2n) is 6.11. The number of thioether (sulfide) groups is 1. The van der Waals surface area contributed by atoms with E-state index < -0.39 is 23.6 Å². The Labute approximate surface area is 166 Å². The molecule has 0 radical (unpaired) electrons. The second kappa shape index (κ2) is 8.18. The van der Waals surface area contributed by atoms with E-state index in [4.69, 9.17) is 4.74 Å². The molecule has 0 unspecified atom stereocenters. The Hall–Kier alpha value is -3.26. The molecule has 28 heavy (non-hydrogen) atoms. The highest BCUT2D eigenvalue weighted by atomic mass is 32.2. The van der Waals surface area contributed by atoms with Crippen molar-refractivity contribution in [2.24, 2.45) is 0 Å². The van der Waals surface area contributed by atoms with Gasteiger partial charge in [0.1, 0.15) is 18.0 Å². The van der Waals surface area contributed by atoms with Gasteiger partial charge in [-0.25, -0.2) is 0 Å². The Balaban J connectivity index is 1.72. The zero-order chi connectivity index (χ0) is 20.3. The van der Waals surface area contributed by atoms with Gasteiger partial charge >= 0.3 is 0 Å². The number of imide groups is 1. The molecular formula is C20H18N2O5S. The monoisotopic (exact) mass is 398 g/mol. The molecular weight excluding hydrogens is 380 g/mol. The van der Waals surface area contributed by atoms with Crippen molar-refractivity contribution in [3.8, 4) is 11.5 Å². The van der Waals surface area contributed by atoms with Crippen molar-refractivity contribution in [3.63, 3.8) is 0 Å². The number of ether oxygens (including phenoxy) is 1. The number of anilines is 1. The number of nitrogens with zero attached hydrogens (tertiary/aromatic N) is 1. The molecule has 3 amide bonds. The lowest BCUT2D eigenvalue weighted by Gasteiger charge is -2.13. The van der Waals surface area contributed by atoms with E-state index in [0.717, 1.165) is 22.2 Å². The number of benzene rings is 2. The number of rotatable bonds is 5. The summed E-state index contributed by atoms with van der Waals surface area (Å²) in [6.07, 6.45) is 1.58. The van der Waals surface area contributed by atoms with E-state index in [1.165, 1.54) is 13.2 Å². The summed E-state index contributed by atoms with van der Waals surface area (Å²) >= 11 is 0.772. The Morgan fingerprint density at radius 1 is 1.25 bits per heavy atom. The summed E-state index contributed by atoms with van der Waals surface area (Å²) in [6.45, 7) is 1.38. The predicted molar refractivity (Wildman–Crippen MR) is 107 cm³/mol. The molecule has 3 rings (SSSR count). The lowest BCUT2D eigenvalue weighted by atomic mass is 10.2. The van der Waals surface area contributed by atoms with Gasteiger partial charge in [0.25, 0.3) is 11.1 Å². The van der Waals surface area contributed by atoms with Crippen LogP contribution in [0.2, 0.25) is 0 Å². The molecule has 0 aromatic heterocycles. The molecule has 1 aliphatic heterocycles. The number of amides is 3. The third-order valence-corrected chi connectivity index (χ3v) is 4.90. The number of hydrogen-bond acceptors (Lipinski definition) is 6. The number of carbonyl (C=O) groups is 3. The fourth-order valence-corrected chi connectivity index (χ4v) is 3.44. The van der Waals surface area contributed by atoms with Crippen molar-refractivity contribution >= 4 is 40.6 Å². The van der Waals surface area contributed by atoms with Gasteiger partial charge in [0.05, 0.1) is 17.7 Å². The molecule has 1 aliphatic rings. The van der Waals surface area contributed by atoms with Crippen LogP contribution >= 0.6 is 11.8 Å². The summed E-state index contributed by atoms with van der Waals surface area (Å²) in [7, 11) is 1.54. The molecule has 0 bridgehead atoms. The standard InChI is InChI=1S/C20H18N2O5S/c1-12-6-7-16(23)15(8-12)21-18(24)11-22-19(25)17(28-20(22)26)10-13-4-3-5-14(9-13)27-2/h3-10,23H,11H2,1-2H3,(H,21,24)/b17-10-. The molecule has 2 aromatic carbocycles. The predicted octanol–water partition coefficient (Wildman–Crippen LogP) is 3.38. The van der Waals surface area contributed by atoms with Crippen LogP contribution < -0.4 is 10.1 Å². The molecule has 144 valence electrons. The largest absolute Gasteiger partial charge is 0.506 e. The van der Waals surface area contributed by atoms with E-state index >= 15 is 0 Å². The summed E-state index contributed by atoms with van der Waals surface area (Å²) in [4.78, 5) is 38.1. The summed E-state index contributed by atoms with van der Waals surface area (Å²) in [5.74, 6) is -0.580. The van der Waals surface area contributed by atoms with Crippen molar-refractivity contribution in [2.75, 3.05) is 19.0 Å². The maximum Gasteiger partial charge on any atom is 0.294 e. The fraction of sp³-hybridized carbons (Fsp3) is 0.150. The molecule has 1 saturated heterocycles. The molecule has 0 saturated carbocycles. The Kier molecular flexibility index (Phi) is 5.70. The molecule has 1 fully saturated rings. The lowest BCUT2D eigenvalue weighted by molar-refractivity contribution is -0.127. The summed E-state index contributed by atoms with van der Waals surface area (Å²) < 4.78 is 5.14. The number of phenolic OH excluding ortho intramolecular Hbond substituents is 1. The minimum absolute atomic E-state index is 0.0917. The smallest absolute Gasteiger partial charge is 0.294 e. The van der Waals surface area contributed by atoms with Gasteiger partial charge in [-0.1, -0.05) is 18.2 Å². The molecule has 7 nitrogen and oxygen atoms in total. The topological polar surface area (TPSA) is 95.9 Å². The van der Waals surface area contributed by atoms with Gasteiger partial charge in [-0.15, -0.1) is 0 Å². The van der Waals surface area contributed by atoms with Gasteiger partial charge in [0.2, 0.25) is 5.91 Å². The zero-order valence-electron chi connectivity index (χ0n) is 15.3. The first-order valence-electron chi connectivity index (χ1n) is 8.36. The quantitative estimate of drug-likeness (QED) is 0.592. The van der Waals surface area contributed by atoms with E-state index in [-0.39, 0.29) is 16.3 Å². The molecule has 0 spiro atoms. The average Bonchev–Trinajstić information content (AvgIpc) is 2.92. The van der Waals surface area contributed by atoms with Crippen molar-refractivity contribution in [1.82, 2.24) is 4.90 Å². The van der Waals surface area contributed by atoms with Gasteiger partial charge in [-0.05, 0) is 60.2 Å². The second-order valence-corrected chi connectivity index (χ2v) is 7.11. The molecule has 1 heterocycles. The van der Waals surface area contributed by atoms with Crippen molar-refractivity contribution in [1.29, 1.82) is 0 Å². The molecule has 8 heteroatoms. The highest BCUT2D eigenvalue weighted by molar-refractivity contribution is 8.18. The first kappa shape index (κ1) is 19.5. The van der Waals surface area contributed by atoms with Crippen LogP contribution in [0.15, 0.2) is 47.4 Å². The summed E-state index contributed by atoms with van der Waals surface area (Å²) in [6, 6.07) is 11.8. The zero-order valence-corrected chi connectivity index (χ0v) is 16.1. The number of nitrogens with one attached hydrogen (secondary N) is 1. The van der Waals surface area contributed by atoms with Gasteiger partial charge < -0.3 is 15.2 Å². The fourth-order valence-electron chi connectivity index (χ4n) is 2.60. The van der Waals surface area contributed by atoms with Crippen LogP contribution in [-0.2, 0) is 9.59 Å². The number of aryl methyl sites for hydroxylation is 1. The number of aromatic hydroxyl groups is 1. The first-order valence-corrected chi connectivity index (χ1v) is 9.18. The van der Waals surface area contributed by atoms with E-state index in [9.17, 15) is 19.5 Å². The normalized spacial score (nSPS) is 15.2. The minimum Gasteiger partial charge on any atom is -0.506 e. The van der Waals surface area contributed by atoms with Crippen LogP contribution in [0.5, 0.6) is 11.5 Å². The van der Waals surface area contributed by atoms with Crippen molar-refractivity contribution < 1.29 is 24.2 Å². The van der Waals surface area contributed by atoms with Crippen LogP contribution in [-0.4, -0.2) is 40.7 Å². The first-order chi connectivity index (χ1) is 13.4. The molecule has 2 N–H and O–H groups in total. The summed E-state index contributed by atoms with van der Waals surface area (Å²) in [5.41, 5.74) is 1.78. The summed E-state index contributed by atoms with van der Waals surface area (Å²) in [5, 5.41) is 11.8. The van der Waals surface area contributed by atoms with Crippen LogP contribution in [0, 0.1) is 6.92 Å². The highest BCUT2D eigenvalue weighted by Crippen LogP contribution is 2.32. The van der Waals surface area contributed by atoms with E-state index in [2.05, 4.69) is 5.32 Å². The van der Waals surface area contributed by atoms with Crippen LogP contribution in [0.4, 0.5) is 10.5 Å². The van der Waals surface area contributed by atoms with Crippen molar-refractivity contribution in [2.45, 2.75) is 6.92 Å². The Bertz CT molecular complexity index is 986. The van der Waals surface area contributed by atoms with E-state index in [1.54, 1.807) is 42.5 Å². The van der Waals surface area contributed by atoms with Gasteiger partial charge in [0.15, 0.2) is 0 Å². The van der Waals surface area contributed by atoms with Crippen LogP contribution in [0.1, 0.15) is 11.1 Å². The number of hydrogen-bond donors (Lipinski definition) is 2.